The first-order valence-electron chi connectivity index (χ1n) is 12.9. The van der Waals surface area contributed by atoms with Gasteiger partial charge >= 0.3 is 0 Å². The van der Waals surface area contributed by atoms with Crippen molar-refractivity contribution in [3.05, 3.63) is 53.2 Å². The number of aryl methyl sites for hydroxylation is 2. The minimum absolute atomic E-state index is 0.878. The lowest BCUT2D eigenvalue weighted by atomic mass is 9.83. The van der Waals surface area contributed by atoms with Crippen LogP contribution in [0.2, 0.25) is 0 Å². The number of unbranched alkanes of at least 4 members (excludes halogenated alkanes) is 8. The molecule has 3 rings (SSSR count). The summed E-state index contributed by atoms with van der Waals surface area (Å²) in [6, 6.07) is 13.8. The van der Waals surface area contributed by atoms with E-state index in [1.165, 1.54) is 119 Å². The zero-order chi connectivity index (χ0) is 21.0. The number of pyridine rings is 1. The summed E-state index contributed by atoms with van der Waals surface area (Å²) in [7, 11) is 0. The average Bonchev–Trinajstić information content (AvgIpc) is 2.79. The summed E-state index contributed by atoms with van der Waals surface area (Å²) in [6.45, 7) is 4.57. The number of rotatable bonds is 13. The molecule has 0 N–H and O–H groups in total. The van der Waals surface area contributed by atoms with Gasteiger partial charge in [-0.15, -0.1) is 0 Å². The third kappa shape index (κ3) is 7.25. The van der Waals surface area contributed by atoms with Crippen LogP contribution in [0, 0.1) is 5.92 Å². The molecule has 1 heteroatoms. The lowest BCUT2D eigenvalue weighted by Gasteiger charge is -2.24. The van der Waals surface area contributed by atoms with E-state index in [4.69, 9.17) is 4.98 Å². The number of hydrogen-bond donors (Lipinski definition) is 0. The maximum atomic E-state index is 5.06. The van der Waals surface area contributed by atoms with Gasteiger partial charge in [0, 0.05) is 11.3 Å². The normalized spacial score (nSPS) is 15.9. The Morgan fingerprint density at radius 3 is 2.20 bits per heavy atom. The topological polar surface area (TPSA) is 12.9 Å². The monoisotopic (exact) mass is 405 g/mol. The van der Waals surface area contributed by atoms with Crippen molar-refractivity contribution in [3.8, 4) is 11.3 Å². The number of nitrogens with zero attached hydrogens (tertiary/aromatic N) is 1. The molecule has 164 valence electrons. The van der Waals surface area contributed by atoms with Crippen molar-refractivity contribution in [2.24, 2.45) is 5.92 Å². The lowest BCUT2D eigenvalue weighted by Crippen LogP contribution is -2.15. The van der Waals surface area contributed by atoms with Crippen LogP contribution in [0.1, 0.15) is 108 Å². The summed E-state index contributed by atoms with van der Waals surface area (Å²) in [5.74, 6) is 0.878. The molecule has 1 aromatic carbocycles. The predicted octanol–water partition coefficient (Wildman–Crippen LogP) is 8.73. The Bertz CT molecular complexity index is 731. The zero-order valence-corrected chi connectivity index (χ0v) is 19.6. The lowest BCUT2D eigenvalue weighted by molar-refractivity contribution is 0.401. The molecule has 0 radical (unpaired) electrons. The standard InChI is InChI=1S/C29H43N/c1-3-5-7-9-11-13-24-15-18-26(19-16-24)28-22-20-27-23-25(17-21-29(27)30-28)14-12-10-8-6-4-2/h15-16,18-20,22,25H,3-14,17,21,23H2,1-2H3. The van der Waals surface area contributed by atoms with Crippen LogP contribution < -0.4 is 0 Å². The first kappa shape index (κ1) is 23.0. The fourth-order valence-electron chi connectivity index (χ4n) is 4.91. The van der Waals surface area contributed by atoms with Gasteiger partial charge in [-0.3, -0.25) is 4.98 Å². The van der Waals surface area contributed by atoms with Crippen LogP contribution in [0.25, 0.3) is 11.3 Å². The molecule has 0 fully saturated rings. The van der Waals surface area contributed by atoms with Gasteiger partial charge in [-0.25, -0.2) is 0 Å². The molecular weight excluding hydrogens is 362 g/mol. The molecular formula is C29H43N. The van der Waals surface area contributed by atoms with Crippen LogP contribution in [0.3, 0.4) is 0 Å². The van der Waals surface area contributed by atoms with E-state index in [9.17, 15) is 0 Å². The third-order valence-electron chi connectivity index (χ3n) is 6.90. The van der Waals surface area contributed by atoms with E-state index < -0.39 is 0 Å². The van der Waals surface area contributed by atoms with Gasteiger partial charge in [0.05, 0.1) is 5.69 Å². The highest BCUT2D eigenvalue weighted by molar-refractivity contribution is 5.60. The molecule has 0 spiro atoms. The van der Waals surface area contributed by atoms with Crippen LogP contribution >= 0.6 is 0 Å². The quantitative estimate of drug-likeness (QED) is 0.304. The van der Waals surface area contributed by atoms with Gasteiger partial charge in [-0.1, -0.05) is 108 Å². The molecule has 0 aliphatic heterocycles. The fourth-order valence-corrected chi connectivity index (χ4v) is 4.91. The molecule has 1 nitrogen and oxygen atoms in total. The first-order chi connectivity index (χ1) is 14.8. The molecule has 1 atom stereocenters. The van der Waals surface area contributed by atoms with Crippen molar-refractivity contribution < 1.29 is 0 Å². The molecule has 1 aliphatic rings. The highest BCUT2D eigenvalue weighted by Gasteiger charge is 2.19. The summed E-state index contributed by atoms with van der Waals surface area (Å²) in [6.07, 6.45) is 20.1. The zero-order valence-electron chi connectivity index (χ0n) is 19.6. The van der Waals surface area contributed by atoms with Crippen molar-refractivity contribution in [3.63, 3.8) is 0 Å². The largest absolute Gasteiger partial charge is 0.253 e. The fraction of sp³-hybridized carbons (Fsp3) is 0.621. The van der Waals surface area contributed by atoms with Crippen molar-refractivity contribution in [2.75, 3.05) is 0 Å². The van der Waals surface area contributed by atoms with Gasteiger partial charge < -0.3 is 0 Å². The van der Waals surface area contributed by atoms with Gasteiger partial charge in [0.15, 0.2) is 0 Å². The molecule has 1 aromatic heterocycles. The molecule has 1 unspecified atom stereocenters. The van der Waals surface area contributed by atoms with Crippen molar-refractivity contribution >= 4 is 0 Å². The van der Waals surface area contributed by atoms with Crippen LogP contribution in [0.5, 0.6) is 0 Å². The first-order valence-corrected chi connectivity index (χ1v) is 12.9. The van der Waals surface area contributed by atoms with Gasteiger partial charge in [0.1, 0.15) is 0 Å². The van der Waals surface area contributed by atoms with Gasteiger partial charge in [-0.2, -0.15) is 0 Å². The Kier molecular flexibility index (Phi) is 9.93. The van der Waals surface area contributed by atoms with Gasteiger partial charge in [0.2, 0.25) is 0 Å². The summed E-state index contributed by atoms with van der Waals surface area (Å²) in [5, 5.41) is 0. The van der Waals surface area contributed by atoms with E-state index in [0.29, 0.717) is 0 Å². The van der Waals surface area contributed by atoms with Gasteiger partial charge in [0.25, 0.3) is 0 Å². The second-order valence-corrected chi connectivity index (χ2v) is 9.48. The summed E-state index contributed by atoms with van der Waals surface area (Å²) >= 11 is 0. The summed E-state index contributed by atoms with van der Waals surface area (Å²) in [5.41, 5.74) is 6.75. The molecule has 30 heavy (non-hydrogen) atoms. The van der Waals surface area contributed by atoms with Crippen molar-refractivity contribution in [1.29, 1.82) is 0 Å². The number of fused-ring (bicyclic) bond motifs is 1. The second-order valence-electron chi connectivity index (χ2n) is 9.48. The predicted molar refractivity (Wildman–Crippen MR) is 131 cm³/mol. The van der Waals surface area contributed by atoms with E-state index in [1.807, 2.05) is 0 Å². The molecule has 2 aromatic rings. The summed E-state index contributed by atoms with van der Waals surface area (Å²) in [4.78, 5) is 5.06. The van der Waals surface area contributed by atoms with E-state index in [1.54, 1.807) is 0 Å². The van der Waals surface area contributed by atoms with Crippen molar-refractivity contribution in [1.82, 2.24) is 4.98 Å². The Labute approximate surface area is 185 Å². The number of aromatic nitrogens is 1. The average molecular weight is 406 g/mol. The summed E-state index contributed by atoms with van der Waals surface area (Å²) < 4.78 is 0. The van der Waals surface area contributed by atoms with Crippen LogP contribution in [-0.2, 0) is 19.3 Å². The van der Waals surface area contributed by atoms with Gasteiger partial charge in [-0.05, 0) is 55.2 Å². The Morgan fingerprint density at radius 2 is 1.47 bits per heavy atom. The molecule has 1 aliphatic carbocycles. The van der Waals surface area contributed by atoms with Crippen LogP contribution in [0.4, 0.5) is 0 Å². The number of hydrogen-bond acceptors (Lipinski definition) is 1. The van der Waals surface area contributed by atoms with Crippen molar-refractivity contribution in [2.45, 2.75) is 110 Å². The van der Waals surface area contributed by atoms with E-state index in [-0.39, 0.29) is 0 Å². The number of benzene rings is 1. The Balaban J connectivity index is 1.49. The SMILES string of the molecule is CCCCCCCc1ccc(-c2ccc3c(n2)CCC(CCCCCCC)C3)cc1. The van der Waals surface area contributed by atoms with Crippen LogP contribution in [-0.4, -0.2) is 4.98 Å². The molecule has 1 heterocycles. The highest BCUT2D eigenvalue weighted by Crippen LogP contribution is 2.30. The Hall–Kier alpha value is -1.63. The van der Waals surface area contributed by atoms with E-state index in [0.717, 1.165) is 11.6 Å². The minimum Gasteiger partial charge on any atom is -0.253 e. The maximum absolute atomic E-state index is 5.06. The second kappa shape index (κ2) is 12.9. The molecule has 0 saturated carbocycles. The van der Waals surface area contributed by atoms with E-state index in [2.05, 4.69) is 50.2 Å². The molecule has 0 amide bonds. The smallest absolute Gasteiger partial charge is 0.0705 e. The molecule has 0 bridgehead atoms. The van der Waals surface area contributed by atoms with E-state index >= 15 is 0 Å². The highest BCUT2D eigenvalue weighted by atomic mass is 14.7. The maximum Gasteiger partial charge on any atom is 0.0705 e. The minimum atomic E-state index is 0.878. The van der Waals surface area contributed by atoms with Crippen LogP contribution in [0.15, 0.2) is 36.4 Å². The molecule has 0 saturated heterocycles. The third-order valence-corrected chi connectivity index (χ3v) is 6.90. The Morgan fingerprint density at radius 1 is 0.767 bits per heavy atom.